The third-order valence-corrected chi connectivity index (χ3v) is 4.86. The molecule has 0 radical (unpaired) electrons. The van der Waals surface area contributed by atoms with Crippen molar-refractivity contribution in [1.29, 1.82) is 0 Å². The monoisotopic (exact) mass is 366 g/mol. The van der Waals surface area contributed by atoms with E-state index in [4.69, 9.17) is 9.88 Å². The third kappa shape index (κ3) is 6.32. The molecule has 0 heterocycles. The number of carbonyl (C=O) groups is 2. The molecule has 0 aromatic heterocycles. The zero-order chi connectivity index (χ0) is 18.3. The second-order valence-corrected chi connectivity index (χ2v) is 7.44. The number of nitrogens with two attached hydrogens (primary N) is 1. The van der Waals surface area contributed by atoms with Gasteiger partial charge in [0, 0.05) is 6.54 Å². The van der Waals surface area contributed by atoms with E-state index in [1.165, 1.54) is 12.1 Å². The quantitative estimate of drug-likeness (QED) is 0.549. The molecule has 0 fully saturated rings. The molecule has 8 heteroatoms. The normalized spacial score (nSPS) is 17.1. The molecule has 0 aliphatic heterocycles. The fourth-order valence-corrected chi connectivity index (χ4v) is 3.02. The fraction of sp³-hybridized carbons (Fsp3) is 0.412. The Labute approximate surface area is 147 Å². The van der Waals surface area contributed by atoms with Crippen LogP contribution in [0.4, 0.5) is 0 Å². The molecule has 136 valence electrons. The van der Waals surface area contributed by atoms with Gasteiger partial charge >= 0.3 is 5.97 Å². The van der Waals surface area contributed by atoms with Crippen molar-refractivity contribution < 1.29 is 22.7 Å². The molecule has 0 unspecified atom stereocenters. The number of amides is 1. The molecule has 25 heavy (non-hydrogen) atoms. The van der Waals surface area contributed by atoms with E-state index in [1.54, 1.807) is 12.1 Å². The highest BCUT2D eigenvalue weighted by Gasteiger charge is 2.20. The first-order valence-corrected chi connectivity index (χ1v) is 9.61. The number of rotatable bonds is 7. The maximum atomic E-state index is 11.8. The summed E-state index contributed by atoms with van der Waals surface area (Å²) < 4.78 is 27.4. The van der Waals surface area contributed by atoms with Gasteiger partial charge in [0.25, 0.3) is 5.91 Å². The first-order chi connectivity index (χ1) is 11.9. The lowest BCUT2D eigenvalue weighted by Crippen LogP contribution is -2.31. The van der Waals surface area contributed by atoms with Gasteiger partial charge < -0.3 is 10.1 Å². The standard InChI is InChI=1S/C17H22N2O5S/c18-25(22,23)15-8-6-13(7-9-15)10-11-19-16(20)12-24-17(21)14-4-2-1-3-5-14/h1-2,6-9,14H,3-5,10-12H2,(H,19,20)(H2,18,22,23)/t14-/m1/s1. The third-order valence-electron chi connectivity index (χ3n) is 3.94. The average molecular weight is 366 g/mol. The summed E-state index contributed by atoms with van der Waals surface area (Å²) in [6.45, 7) is 0.0701. The van der Waals surface area contributed by atoms with Crippen LogP contribution in [-0.4, -0.2) is 33.4 Å². The van der Waals surface area contributed by atoms with Gasteiger partial charge in [-0.25, -0.2) is 13.6 Å². The Hall–Kier alpha value is -2.19. The van der Waals surface area contributed by atoms with Crippen molar-refractivity contribution in [3.05, 3.63) is 42.0 Å². The first-order valence-electron chi connectivity index (χ1n) is 8.06. The van der Waals surface area contributed by atoms with Crippen LogP contribution in [0, 0.1) is 5.92 Å². The van der Waals surface area contributed by atoms with Crippen LogP contribution < -0.4 is 10.5 Å². The highest BCUT2D eigenvalue weighted by Crippen LogP contribution is 2.19. The van der Waals surface area contributed by atoms with E-state index in [0.717, 1.165) is 18.4 Å². The summed E-state index contributed by atoms with van der Waals surface area (Å²) in [6, 6.07) is 6.13. The summed E-state index contributed by atoms with van der Waals surface area (Å²) >= 11 is 0. The van der Waals surface area contributed by atoms with Gasteiger partial charge in [0.05, 0.1) is 10.8 Å². The molecule has 1 amide bonds. The van der Waals surface area contributed by atoms with E-state index in [-0.39, 0.29) is 29.3 Å². The number of primary sulfonamides is 1. The molecule has 1 aromatic rings. The van der Waals surface area contributed by atoms with Crippen LogP contribution in [0.1, 0.15) is 24.8 Å². The molecular weight excluding hydrogens is 344 g/mol. The fourth-order valence-electron chi connectivity index (χ4n) is 2.51. The number of carbonyl (C=O) groups excluding carboxylic acids is 2. The van der Waals surface area contributed by atoms with Gasteiger partial charge in [-0.05, 0) is 43.4 Å². The molecule has 0 saturated heterocycles. The number of nitrogens with one attached hydrogen (secondary N) is 1. The SMILES string of the molecule is NS(=O)(=O)c1ccc(CCNC(=O)COC(=O)[C@@H]2CC=CCC2)cc1. The number of allylic oxidation sites excluding steroid dienone is 2. The molecular formula is C17H22N2O5S. The Morgan fingerprint density at radius 3 is 2.52 bits per heavy atom. The van der Waals surface area contributed by atoms with Gasteiger partial charge in [-0.3, -0.25) is 9.59 Å². The maximum Gasteiger partial charge on any atom is 0.309 e. The van der Waals surface area contributed by atoms with Crippen LogP contribution in [0.2, 0.25) is 0 Å². The van der Waals surface area contributed by atoms with Crippen LogP contribution in [0.5, 0.6) is 0 Å². The summed E-state index contributed by atoms with van der Waals surface area (Å²) in [4.78, 5) is 23.6. The Bertz CT molecular complexity index is 741. The molecule has 0 spiro atoms. The van der Waals surface area contributed by atoms with Gasteiger partial charge in [-0.2, -0.15) is 0 Å². The van der Waals surface area contributed by atoms with E-state index < -0.39 is 10.0 Å². The number of esters is 1. The maximum absolute atomic E-state index is 11.8. The second kappa shape index (κ2) is 8.77. The number of hydrogen-bond donors (Lipinski definition) is 2. The van der Waals surface area contributed by atoms with Gasteiger partial charge in [-0.15, -0.1) is 0 Å². The van der Waals surface area contributed by atoms with Crippen LogP contribution in [0.3, 0.4) is 0 Å². The summed E-state index contributed by atoms with van der Waals surface area (Å²) in [5.41, 5.74) is 0.860. The van der Waals surface area contributed by atoms with Gasteiger partial charge in [0.15, 0.2) is 6.61 Å². The molecule has 0 saturated carbocycles. The van der Waals surface area contributed by atoms with Crippen molar-refractivity contribution in [3.63, 3.8) is 0 Å². The summed E-state index contributed by atoms with van der Waals surface area (Å²) in [5.74, 6) is -0.853. The predicted molar refractivity (Wildman–Crippen MR) is 92.0 cm³/mol. The molecule has 1 aliphatic carbocycles. The van der Waals surface area contributed by atoms with E-state index >= 15 is 0 Å². The summed E-state index contributed by atoms with van der Waals surface area (Å²) in [5, 5.41) is 7.69. The van der Waals surface area contributed by atoms with Gasteiger partial charge in [-0.1, -0.05) is 24.3 Å². The lowest BCUT2D eigenvalue weighted by molar-refractivity contribution is -0.152. The summed E-state index contributed by atoms with van der Waals surface area (Å²) in [7, 11) is -3.70. The highest BCUT2D eigenvalue weighted by atomic mass is 32.2. The number of sulfonamides is 1. The molecule has 1 aromatic carbocycles. The Morgan fingerprint density at radius 2 is 1.92 bits per heavy atom. The minimum absolute atomic E-state index is 0.0461. The molecule has 3 N–H and O–H groups in total. The van der Waals surface area contributed by atoms with Crippen LogP contribution in [-0.2, 0) is 30.8 Å². The van der Waals surface area contributed by atoms with Gasteiger partial charge in [0.2, 0.25) is 10.0 Å². The minimum atomic E-state index is -3.70. The smallest absolute Gasteiger partial charge is 0.309 e. The molecule has 7 nitrogen and oxygen atoms in total. The molecule has 1 aliphatic rings. The van der Waals surface area contributed by atoms with Crippen molar-refractivity contribution in [2.24, 2.45) is 11.1 Å². The molecule has 2 rings (SSSR count). The number of hydrogen-bond acceptors (Lipinski definition) is 5. The van der Waals surface area contributed by atoms with Crippen molar-refractivity contribution >= 4 is 21.9 Å². The predicted octanol–water partition coefficient (Wildman–Crippen LogP) is 0.892. The van der Waals surface area contributed by atoms with Crippen LogP contribution in [0.25, 0.3) is 0 Å². The lowest BCUT2D eigenvalue weighted by atomic mass is 9.95. The van der Waals surface area contributed by atoms with E-state index in [0.29, 0.717) is 19.4 Å². The van der Waals surface area contributed by atoms with Crippen molar-refractivity contribution in [3.8, 4) is 0 Å². The number of benzene rings is 1. The Balaban J connectivity index is 1.68. The molecule has 1 atom stereocenters. The topological polar surface area (TPSA) is 116 Å². The van der Waals surface area contributed by atoms with Crippen molar-refractivity contribution in [2.75, 3.05) is 13.2 Å². The molecule has 0 bridgehead atoms. The average Bonchev–Trinajstić information content (AvgIpc) is 2.60. The highest BCUT2D eigenvalue weighted by molar-refractivity contribution is 7.89. The van der Waals surface area contributed by atoms with Crippen LogP contribution >= 0.6 is 0 Å². The Morgan fingerprint density at radius 1 is 1.20 bits per heavy atom. The largest absolute Gasteiger partial charge is 0.455 e. The lowest BCUT2D eigenvalue weighted by Gasteiger charge is -2.16. The summed E-state index contributed by atoms with van der Waals surface area (Å²) in [6.07, 6.45) is 6.79. The van der Waals surface area contributed by atoms with Crippen molar-refractivity contribution in [1.82, 2.24) is 5.32 Å². The van der Waals surface area contributed by atoms with E-state index in [1.807, 2.05) is 12.2 Å². The van der Waals surface area contributed by atoms with Crippen molar-refractivity contribution in [2.45, 2.75) is 30.6 Å². The Kier molecular flexibility index (Phi) is 6.72. The minimum Gasteiger partial charge on any atom is -0.455 e. The zero-order valence-corrected chi connectivity index (χ0v) is 14.6. The first kappa shape index (κ1) is 19.1. The zero-order valence-electron chi connectivity index (χ0n) is 13.8. The van der Waals surface area contributed by atoms with E-state index in [2.05, 4.69) is 5.32 Å². The second-order valence-electron chi connectivity index (χ2n) is 5.88. The van der Waals surface area contributed by atoms with Crippen LogP contribution in [0.15, 0.2) is 41.3 Å². The van der Waals surface area contributed by atoms with Gasteiger partial charge in [0.1, 0.15) is 0 Å². The van der Waals surface area contributed by atoms with E-state index in [9.17, 15) is 18.0 Å². The number of ether oxygens (including phenoxy) is 1.